The Labute approximate surface area is 167 Å². The van der Waals surface area contributed by atoms with Gasteiger partial charge in [-0.1, -0.05) is 40.7 Å². The van der Waals surface area contributed by atoms with Crippen LogP contribution in [0, 0.1) is 5.82 Å². The smallest absolute Gasteiger partial charge is 0.234 e. The quantitative estimate of drug-likeness (QED) is 0.395. The first kappa shape index (κ1) is 18.3. The van der Waals surface area contributed by atoms with E-state index in [1.807, 2.05) is 6.07 Å². The molecule has 4 rings (SSSR count). The molecule has 28 heavy (non-hydrogen) atoms. The van der Waals surface area contributed by atoms with Crippen LogP contribution >= 0.6 is 23.4 Å². The van der Waals surface area contributed by atoms with Gasteiger partial charge in [0, 0.05) is 10.7 Å². The molecule has 0 aliphatic carbocycles. The van der Waals surface area contributed by atoms with Gasteiger partial charge in [0.05, 0.1) is 11.4 Å². The highest BCUT2D eigenvalue weighted by Crippen LogP contribution is 2.25. The first-order valence-corrected chi connectivity index (χ1v) is 9.47. The lowest BCUT2D eigenvalue weighted by Gasteiger charge is -2.05. The summed E-state index contributed by atoms with van der Waals surface area (Å²) in [4.78, 5) is 20.6. The van der Waals surface area contributed by atoms with Gasteiger partial charge in [0.2, 0.25) is 5.91 Å². The Morgan fingerprint density at radius 3 is 2.86 bits per heavy atom. The first-order chi connectivity index (χ1) is 13.6. The summed E-state index contributed by atoms with van der Waals surface area (Å²) in [5.41, 5.74) is 2.09. The molecule has 0 aliphatic heterocycles. The zero-order valence-corrected chi connectivity index (χ0v) is 15.8. The van der Waals surface area contributed by atoms with Crippen LogP contribution in [0.5, 0.6) is 0 Å². The number of rotatable bonds is 5. The number of anilines is 1. The average Bonchev–Trinajstić information content (AvgIpc) is 3.11. The van der Waals surface area contributed by atoms with Crippen LogP contribution in [0.25, 0.3) is 16.9 Å². The molecule has 0 bridgehead atoms. The molecule has 7 nitrogen and oxygen atoms in total. The van der Waals surface area contributed by atoms with Crippen molar-refractivity contribution in [2.24, 2.45) is 0 Å². The van der Waals surface area contributed by atoms with Crippen molar-refractivity contribution in [1.29, 1.82) is 0 Å². The monoisotopic (exact) mass is 414 g/mol. The lowest BCUT2D eigenvalue weighted by atomic mass is 10.3. The number of carbonyl (C=O) groups excluding carboxylic acids is 1. The van der Waals surface area contributed by atoms with Gasteiger partial charge >= 0.3 is 0 Å². The first-order valence-electron chi connectivity index (χ1n) is 8.11. The Bertz CT molecular complexity index is 1170. The fourth-order valence-corrected chi connectivity index (χ4v) is 3.43. The van der Waals surface area contributed by atoms with E-state index in [2.05, 4.69) is 25.6 Å². The molecular formula is C18H12ClFN6OS. The molecule has 1 amide bonds. The van der Waals surface area contributed by atoms with Crippen molar-refractivity contribution in [3.8, 4) is 5.69 Å². The van der Waals surface area contributed by atoms with Crippen molar-refractivity contribution in [2.75, 3.05) is 11.1 Å². The highest BCUT2D eigenvalue weighted by atomic mass is 35.5. The number of nitrogens with one attached hydrogen (secondary N) is 1. The van der Waals surface area contributed by atoms with Crippen molar-refractivity contribution >= 4 is 46.1 Å². The second-order valence-electron chi connectivity index (χ2n) is 5.68. The molecular weight excluding hydrogens is 403 g/mol. The van der Waals surface area contributed by atoms with Crippen LogP contribution in [0.3, 0.4) is 0 Å². The Kier molecular flexibility index (Phi) is 5.18. The Hall–Kier alpha value is -3.04. The number of benzene rings is 2. The van der Waals surface area contributed by atoms with Gasteiger partial charge in [-0.15, -0.1) is 5.10 Å². The van der Waals surface area contributed by atoms with Gasteiger partial charge in [-0.2, -0.15) is 4.68 Å². The molecule has 4 aromatic rings. The van der Waals surface area contributed by atoms with Crippen LogP contribution < -0.4 is 5.32 Å². The van der Waals surface area contributed by atoms with E-state index in [9.17, 15) is 9.18 Å². The summed E-state index contributed by atoms with van der Waals surface area (Å²) in [6.07, 6.45) is 1.39. The molecule has 1 N–H and O–H groups in total. The van der Waals surface area contributed by atoms with Crippen LogP contribution in [0.2, 0.25) is 5.02 Å². The van der Waals surface area contributed by atoms with Gasteiger partial charge < -0.3 is 5.32 Å². The van der Waals surface area contributed by atoms with E-state index in [0.717, 1.165) is 0 Å². The third-order valence-corrected chi connectivity index (χ3v) is 4.92. The molecule has 0 saturated heterocycles. The molecule has 10 heteroatoms. The number of halogens is 2. The van der Waals surface area contributed by atoms with E-state index >= 15 is 0 Å². The molecule has 0 fully saturated rings. The third kappa shape index (κ3) is 3.95. The van der Waals surface area contributed by atoms with Crippen LogP contribution in [0.15, 0.2) is 59.9 Å². The fraction of sp³-hybridized carbons (Fsp3) is 0.0556. The number of aromatic nitrogens is 5. The summed E-state index contributed by atoms with van der Waals surface area (Å²) < 4.78 is 14.8. The summed E-state index contributed by atoms with van der Waals surface area (Å²) >= 11 is 7.23. The predicted octanol–water partition coefficient (Wildman–Crippen LogP) is 3.73. The molecule has 0 aliphatic rings. The summed E-state index contributed by atoms with van der Waals surface area (Å²) in [7, 11) is 0. The van der Waals surface area contributed by atoms with E-state index < -0.39 is 5.82 Å². The summed E-state index contributed by atoms with van der Waals surface area (Å²) in [6, 6.07) is 12.9. The molecule has 2 aromatic heterocycles. The number of carbonyl (C=O) groups is 1. The minimum absolute atomic E-state index is 0.0760. The topological polar surface area (TPSA) is 85.6 Å². The molecule has 140 valence electrons. The van der Waals surface area contributed by atoms with Gasteiger partial charge in [-0.3, -0.25) is 4.79 Å². The summed E-state index contributed by atoms with van der Waals surface area (Å²) in [6.45, 7) is 0. The lowest BCUT2D eigenvalue weighted by Crippen LogP contribution is -2.14. The molecule has 0 spiro atoms. The van der Waals surface area contributed by atoms with Crippen LogP contribution in [-0.2, 0) is 4.79 Å². The number of nitrogens with zero attached hydrogens (tertiary/aromatic N) is 5. The summed E-state index contributed by atoms with van der Waals surface area (Å²) in [5.74, 6) is -0.627. The molecule has 0 saturated carbocycles. The van der Waals surface area contributed by atoms with E-state index in [-0.39, 0.29) is 11.7 Å². The maximum atomic E-state index is 13.2. The highest BCUT2D eigenvalue weighted by Gasteiger charge is 2.15. The van der Waals surface area contributed by atoms with Crippen molar-refractivity contribution in [2.45, 2.75) is 5.03 Å². The van der Waals surface area contributed by atoms with Crippen molar-refractivity contribution < 1.29 is 9.18 Å². The SMILES string of the molecule is O=C(CSc1ncnc2c1nnn2-c1cccc(Cl)c1)Nc1cccc(F)c1. The second kappa shape index (κ2) is 7.91. The highest BCUT2D eigenvalue weighted by molar-refractivity contribution is 8.00. The number of hydrogen-bond donors (Lipinski definition) is 1. The Morgan fingerprint density at radius 2 is 2.04 bits per heavy atom. The number of thioether (sulfide) groups is 1. The maximum Gasteiger partial charge on any atom is 0.234 e. The van der Waals surface area contributed by atoms with E-state index in [1.165, 1.54) is 36.3 Å². The minimum atomic E-state index is -0.416. The van der Waals surface area contributed by atoms with Crippen molar-refractivity contribution in [3.05, 3.63) is 65.7 Å². The average molecular weight is 415 g/mol. The molecule has 0 unspecified atom stereocenters. The molecule has 2 aromatic carbocycles. The Morgan fingerprint density at radius 1 is 1.18 bits per heavy atom. The molecule has 2 heterocycles. The minimum Gasteiger partial charge on any atom is -0.325 e. The number of hydrogen-bond acceptors (Lipinski definition) is 6. The lowest BCUT2D eigenvalue weighted by molar-refractivity contribution is -0.113. The van der Waals surface area contributed by atoms with E-state index in [0.29, 0.717) is 32.6 Å². The van der Waals surface area contributed by atoms with Crippen LogP contribution in [0.1, 0.15) is 0 Å². The predicted molar refractivity (Wildman–Crippen MR) is 105 cm³/mol. The maximum absolute atomic E-state index is 13.2. The second-order valence-corrected chi connectivity index (χ2v) is 7.08. The van der Waals surface area contributed by atoms with E-state index in [1.54, 1.807) is 28.9 Å². The zero-order valence-electron chi connectivity index (χ0n) is 14.2. The van der Waals surface area contributed by atoms with Gasteiger partial charge in [-0.25, -0.2) is 14.4 Å². The number of fused-ring (bicyclic) bond motifs is 1. The largest absolute Gasteiger partial charge is 0.325 e. The van der Waals surface area contributed by atoms with Gasteiger partial charge in [0.15, 0.2) is 11.2 Å². The third-order valence-electron chi connectivity index (χ3n) is 3.71. The van der Waals surface area contributed by atoms with Crippen LogP contribution in [-0.4, -0.2) is 36.6 Å². The van der Waals surface area contributed by atoms with Crippen molar-refractivity contribution in [1.82, 2.24) is 25.0 Å². The fourth-order valence-electron chi connectivity index (χ4n) is 2.51. The Balaban J connectivity index is 1.52. The van der Waals surface area contributed by atoms with E-state index in [4.69, 9.17) is 11.6 Å². The molecule has 0 atom stereocenters. The van der Waals surface area contributed by atoms with Gasteiger partial charge in [-0.05, 0) is 36.4 Å². The molecule has 0 radical (unpaired) electrons. The van der Waals surface area contributed by atoms with Gasteiger partial charge in [0.25, 0.3) is 0 Å². The normalized spacial score (nSPS) is 10.9. The summed E-state index contributed by atoms with van der Waals surface area (Å²) in [5, 5.41) is 12.0. The van der Waals surface area contributed by atoms with Crippen molar-refractivity contribution in [3.63, 3.8) is 0 Å². The standard InChI is InChI=1S/C18H12ClFN6OS/c19-11-3-1-6-14(7-11)26-17-16(24-25-26)18(22-10-21-17)28-9-15(27)23-13-5-2-4-12(20)8-13/h1-8,10H,9H2,(H,23,27). The van der Waals surface area contributed by atoms with Crippen LogP contribution in [0.4, 0.5) is 10.1 Å². The zero-order chi connectivity index (χ0) is 19.5. The van der Waals surface area contributed by atoms with Gasteiger partial charge in [0.1, 0.15) is 17.2 Å². The number of amides is 1.